The number of hydrogen-bond donors (Lipinski definition) is 0. The largest absolute Gasteiger partial charge is 0.497 e. The van der Waals surface area contributed by atoms with Crippen LogP contribution in [-0.4, -0.2) is 24.0 Å². The Labute approximate surface area is 166 Å². The van der Waals surface area contributed by atoms with Crippen LogP contribution in [0.3, 0.4) is 0 Å². The van der Waals surface area contributed by atoms with Crippen LogP contribution in [0.4, 0.5) is 0 Å². The Morgan fingerprint density at radius 1 is 0.857 bits per heavy atom. The number of ether oxygens (including phenoxy) is 1. The van der Waals surface area contributed by atoms with Gasteiger partial charge in [-0.1, -0.05) is 66.7 Å². The highest BCUT2D eigenvalue weighted by molar-refractivity contribution is 5.78. The van der Waals surface area contributed by atoms with Crippen LogP contribution in [0.25, 0.3) is 11.1 Å². The number of likely N-dealkylation sites (tertiary alicyclic amines) is 1. The molecule has 1 heterocycles. The van der Waals surface area contributed by atoms with Crippen molar-refractivity contribution in [3.05, 3.63) is 90.0 Å². The number of hydrogen-bond acceptors (Lipinski definition) is 2. The molecule has 3 aromatic carbocycles. The molecule has 1 fully saturated rings. The van der Waals surface area contributed by atoms with Gasteiger partial charge in [-0.15, -0.1) is 0 Å². The zero-order chi connectivity index (χ0) is 19.3. The highest BCUT2D eigenvalue weighted by Gasteiger charge is 2.30. The Morgan fingerprint density at radius 2 is 1.50 bits per heavy atom. The van der Waals surface area contributed by atoms with Gasteiger partial charge in [0.1, 0.15) is 5.75 Å². The second-order valence-electron chi connectivity index (χ2n) is 7.33. The topological polar surface area (TPSA) is 29.5 Å². The van der Waals surface area contributed by atoms with Crippen molar-refractivity contribution in [1.29, 1.82) is 0 Å². The molecule has 1 aliphatic rings. The van der Waals surface area contributed by atoms with E-state index < -0.39 is 0 Å². The molecule has 1 atom stereocenters. The van der Waals surface area contributed by atoms with Crippen molar-refractivity contribution in [2.75, 3.05) is 7.11 Å². The third kappa shape index (κ3) is 4.09. The molecule has 0 spiro atoms. The van der Waals surface area contributed by atoms with Crippen LogP contribution in [0.1, 0.15) is 24.0 Å². The quantitative estimate of drug-likeness (QED) is 0.604. The molecule has 1 saturated heterocycles. The van der Waals surface area contributed by atoms with Crippen molar-refractivity contribution in [3.63, 3.8) is 0 Å². The standard InChI is InChI=1S/C25H25NO2/c1-28-24-14-9-20(10-15-24)18-26-23(13-16-25(26)27)17-19-7-11-22(12-8-19)21-5-3-2-4-6-21/h2-12,14-15,23H,13,16-18H2,1H3. The summed E-state index contributed by atoms with van der Waals surface area (Å²) in [6.07, 6.45) is 2.47. The molecule has 1 amide bonds. The molecule has 0 N–H and O–H groups in total. The minimum atomic E-state index is 0.252. The average molecular weight is 371 g/mol. The van der Waals surface area contributed by atoms with Crippen LogP contribution < -0.4 is 4.74 Å². The lowest BCUT2D eigenvalue weighted by Gasteiger charge is -2.25. The first-order valence-electron chi connectivity index (χ1n) is 9.80. The van der Waals surface area contributed by atoms with Crippen molar-refractivity contribution in [2.24, 2.45) is 0 Å². The molecule has 1 unspecified atom stereocenters. The Kier molecular flexibility index (Phi) is 5.43. The van der Waals surface area contributed by atoms with Gasteiger partial charge in [-0.3, -0.25) is 4.79 Å². The molecular weight excluding hydrogens is 346 g/mol. The van der Waals surface area contributed by atoms with Crippen LogP contribution in [0, 0.1) is 0 Å². The predicted octanol–water partition coefficient (Wildman–Crippen LogP) is 5.10. The molecule has 0 aliphatic carbocycles. The summed E-state index contributed by atoms with van der Waals surface area (Å²) >= 11 is 0. The lowest BCUT2D eigenvalue weighted by Crippen LogP contribution is -2.33. The normalized spacial score (nSPS) is 16.4. The monoisotopic (exact) mass is 371 g/mol. The predicted molar refractivity (Wildman–Crippen MR) is 112 cm³/mol. The van der Waals surface area contributed by atoms with Crippen molar-refractivity contribution < 1.29 is 9.53 Å². The first-order valence-corrected chi connectivity index (χ1v) is 9.80. The first kappa shape index (κ1) is 18.3. The summed E-state index contributed by atoms with van der Waals surface area (Å²) in [5, 5.41) is 0. The first-order chi connectivity index (χ1) is 13.7. The van der Waals surface area contributed by atoms with Crippen molar-refractivity contribution in [2.45, 2.75) is 31.8 Å². The SMILES string of the molecule is COc1ccc(CN2C(=O)CCC2Cc2ccc(-c3ccccc3)cc2)cc1. The van der Waals surface area contributed by atoms with E-state index in [0.717, 1.165) is 24.2 Å². The molecule has 0 bridgehead atoms. The lowest BCUT2D eigenvalue weighted by molar-refractivity contribution is -0.129. The molecule has 1 aliphatic heterocycles. The third-order valence-corrected chi connectivity index (χ3v) is 5.50. The smallest absolute Gasteiger partial charge is 0.223 e. The van der Waals surface area contributed by atoms with E-state index in [9.17, 15) is 4.79 Å². The van der Waals surface area contributed by atoms with Crippen molar-refractivity contribution in [1.82, 2.24) is 4.90 Å². The van der Waals surface area contributed by atoms with Gasteiger partial charge in [-0.05, 0) is 47.2 Å². The van der Waals surface area contributed by atoms with Gasteiger partial charge in [-0.25, -0.2) is 0 Å². The second-order valence-corrected chi connectivity index (χ2v) is 7.33. The molecule has 3 heteroatoms. The van der Waals surface area contributed by atoms with E-state index in [-0.39, 0.29) is 11.9 Å². The van der Waals surface area contributed by atoms with Gasteiger partial charge >= 0.3 is 0 Å². The zero-order valence-electron chi connectivity index (χ0n) is 16.2. The summed E-state index contributed by atoms with van der Waals surface area (Å²) in [5.41, 5.74) is 4.87. The molecule has 3 nitrogen and oxygen atoms in total. The van der Waals surface area contributed by atoms with Crippen LogP contribution in [0.5, 0.6) is 5.75 Å². The van der Waals surface area contributed by atoms with Gasteiger partial charge in [0.25, 0.3) is 0 Å². The fraction of sp³-hybridized carbons (Fsp3) is 0.240. The molecule has 0 radical (unpaired) electrons. The van der Waals surface area contributed by atoms with Crippen molar-refractivity contribution >= 4 is 5.91 Å². The van der Waals surface area contributed by atoms with Gasteiger partial charge in [0.2, 0.25) is 5.91 Å². The summed E-state index contributed by atoms with van der Waals surface area (Å²) in [6.45, 7) is 0.662. The Hall–Kier alpha value is -3.07. The Morgan fingerprint density at radius 3 is 2.18 bits per heavy atom. The zero-order valence-corrected chi connectivity index (χ0v) is 16.2. The van der Waals surface area contributed by atoms with Crippen LogP contribution in [0.2, 0.25) is 0 Å². The van der Waals surface area contributed by atoms with Crippen molar-refractivity contribution in [3.8, 4) is 16.9 Å². The number of benzene rings is 3. The van der Waals surface area contributed by atoms with Crippen LogP contribution in [0.15, 0.2) is 78.9 Å². The summed E-state index contributed by atoms with van der Waals surface area (Å²) < 4.78 is 5.22. The molecule has 3 aromatic rings. The maximum absolute atomic E-state index is 12.4. The average Bonchev–Trinajstić information content (AvgIpc) is 3.09. The molecule has 0 saturated carbocycles. The number of carbonyl (C=O) groups excluding carboxylic acids is 1. The van der Waals surface area contributed by atoms with E-state index in [4.69, 9.17) is 4.74 Å². The number of methoxy groups -OCH3 is 1. The summed E-state index contributed by atoms with van der Waals surface area (Å²) in [5.74, 6) is 1.09. The lowest BCUT2D eigenvalue weighted by atomic mass is 9.99. The third-order valence-electron chi connectivity index (χ3n) is 5.50. The number of carbonyl (C=O) groups is 1. The van der Waals surface area contributed by atoms with Gasteiger partial charge in [-0.2, -0.15) is 0 Å². The molecule has 28 heavy (non-hydrogen) atoms. The summed E-state index contributed by atoms with van der Waals surface area (Å²) in [6, 6.07) is 27.4. The van der Waals surface area contributed by atoms with Gasteiger partial charge in [0.15, 0.2) is 0 Å². The van der Waals surface area contributed by atoms with E-state index in [2.05, 4.69) is 48.5 Å². The number of nitrogens with zero attached hydrogens (tertiary/aromatic N) is 1. The fourth-order valence-electron chi connectivity index (χ4n) is 3.89. The van der Waals surface area contributed by atoms with E-state index >= 15 is 0 Å². The minimum absolute atomic E-state index is 0.252. The highest BCUT2D eigenvalue weighted by atomic mass is 16.5. The molecule has 142 valence electrons. The summed E-state index contributed by atoms with van der Waals surface area (Å²) in [4.78, 5) is 14.5. The van der Waals surface area contributed by atoms with Crippen LogP contribution >= 0.6 is 0 Å². The van der Waals surface area contributed by atoms with E-state index in [0.29, 0.717) is 13.0 Å². The van der Waals surface area contributed by atoms with E-state index in [1.807, 2.05) is 35.2 Å². The second kappa shape index (κ2) is 8.30. The summed E-state index contributed by atoms with van der Waals surface area (Å²) in [7, 11) is 1.66. The Bertz CT molecular complexity index is 917. The number of rotatable bonds is 6. The van der Waals surface area contributed by atoms with Gasteiger partial charge in [0, 0.05) is 19.0 Å². The van der Waals surface area contributed by atoms with Crippen LogP contribution in [-0.2, 0) is 17.8 Å². The maximum Gasteiger partial charge on any atom is 0.223 e. The van der Waals surface area contributed by atoms with Gasteiger partial charge < -0.3 is 9.64 Å². The fourth-order valence-corrected chi connectivity index (χ4v) is 3.89. The molecule has 0 aromatic heterocycles. The van der Waals surface area contributed by atoms with E-state index in [1.54, 1.807) is 7.11 Å². The molecular formula is C25H25NO2. The highest BCUT2D eigenvalue weighted by Crippen LogP contribution is 2.26. The number of amides is 1. The Balaban J connectivity index is 1.44. The molecule has 4 rings (SSSR count). The van der Waals surface area contributed by atoms with Gasteiger partial charge in [0.05, 0.1) is 7.11 Å². The van der Waals surface area contributed by atoms with E-state index in [1.165, 1.54) is 16.7 Å². The maximum atomic E-state index is 12.4. The minimum Gasteiger partial charge on any atom is -0.497 e.